The van der Waals surface area contributed by atoms with E-state index in [1.165, 1.54) is 13.2 Å². The molecule has 0 fully saturated rings. The molecule has 0 radical (unpaired) electrons. The minimum absolute atomic E-state index is 0.0916. The molecule has 1 N–H and O–H groups in total. The van der Waals surface area contributed by atoms with Gasteiger partial charge in [-0.1, -0.05) is 63.9 Å². The molecule has 0 saturated heterocycles. The lowest BCUT2D eigenvalue weighted by atomic mass is 10.1. The number of nitrogens with one attached hydrogen (secondary N) is 1. The summed E-state index contributed by atoms with van der Waals surface area (Å²) in [6, 6.07) is 20.3. The number of amides is 1. The first-order valence-corrected chi connectivity index (χ1v) is 10.8. The highest BCUT2D eigenvalue weighted by atomic mass is 79.9. The molecule has 0 aliphatic carbocycles. The van der Waals surface area contributed by atoms with Crippen LogP contribution in [-0.4, -0.2) is 13.0 Å². The molecule has 32 heavy (non-hydrogen) atoms. The average Bonchev–Trinajstić information content (AvgIpc) is 2.79. The van der Waals surface area contributed by atoms with Crippen LogP contribution in [0.1, 0.15) is 16.7 Å². The molecule has 0 aliphatic rings. The van der Waals surface area contributed by atoms with Crippen LogP contribution in [0, 0.1) is 18.3 Å². The van der Waals surface area contributed by atoms with Gasteiger partial charge in [-0.3, -0.25) is 4.79 Å². The summed E-state index contributed by atoms with van der Waals surface area (Å²) >= 11 is 9.61. The van der Waals surface area contributed by atoms with Crippen molar-refractivity contribution in [3.8, 4) is 17.6 Å². The zero-order chi connectivity index (χ0) is 23.1. The number of aryl methyl sites for hydroxylation is 1. The van der Waals surface area contributed by atoms with E-state index >= 15 is 0 Å². The van der Waals surface area contributed by atoms with E-state index in [9.17, 15) is 10.1 Å². The molecule has 0 unspecified atom stereocenters. The predicted octanol–water partition coefficient (Wildman–Crippen LogP) is 6.54. The van der Waals surface area contributed by atoms with E-state index in [1.54, 1.807) is 30.3 Å². The molecule has 3 rings (SSSR count). The number of nitrogens with zero attached hydrogens (tertiary/aromatic N) is 1. The normalized spacial score (nSPS) is 10.9. The van der Waals surface area contributed by atoms with Crippen molar-refractivity contribution in [3.63, 3.8) is 0 Å². The fraction of sp³-hybridized carbons (Fsp3) is 0.120. The van der Waals surface area contributed by atoms with Gasteiger partial charge < -0.3 is 14.8 Å². The summed E-state index contributed by atoms with van der Waals surface area (Å²) in [5, 5.41) is 12.8. The summed E-state index contributed by atoms with van der Waals surface area (Å²) in [5.41, 5.74) is 2.68. The number of methoxy groups -OCH3 is 1. The maximum absolute atomic E-state index is 12.8. The molecule has 3 aromatic rings. The third kappa shape index (κ3) is 5.70. The third-order valence-corrected chi connectivity index (χ3v) is 5.49. The number of ether oxygens (including phenoxy) is 2. The van der Waals surface area contributed by atoms with Gasteiger partial charge in [0.2, 0.25) is 0 Å². The summed E-state index contributed by atoms with van der Waals surface area (Å²) in [6.45, 7) is 2.12. The van der Waals surface area contributed by atoms with Gasteiger partial charge in [-0.25, -0.2) is 0 Å². The van der Waals surface area contributed by atoms with Crippen LogP contribution in [0.4, 0.5) is 5.69 Å². The van der Waals surface area contributed by atoms with Gasteiger partial charge in [0.15, 0.2) is 11.5 Å². The number of rotatable bonds is 7. The van der Waals surface area contributed by atoms with Crippen molar-refractivity contribution in [2.24, 2.45) is 0 Å². The molecule has 0 atom stereocenters. The van der Waals surface area contributed by atoms with Crippen molar-refractivity contribution in [1.29, 1.82) is 5.26 Å². The Morgan fingerprint density at radius 1 is 1.16 bits per heavy atom. The van der Waals surface area contributed by atoms with E-state index < -0.39 is 5.91 Å². The monoisotopic (exact) mass is 510 g/mol. The van der Waals surface area contributed by atoms with Crippen LogP contribution in [-0.2, 0) is 11.4 Å². The van der Waals surface area contributed by atoms with Gasteiger partial charge in [0.05, 0.1) is 17.8 Å². The van der Waals surface area contributed by atoms with E-state index in [-0.39, 0.29) is 5.57 Å². The van der Waals surface area contributed by atoms with Crippen molar-refractivity contribution in [2.75, 3.05) is 12.4 Å². The fourth-order valence-corrected chi connectivity index (χ4v) is 3.51. The topological polar surface area (TPSA) is 71.3 Å². The fourth-order valence-electron chi connectivity index (χ4n) is 2.97. The van der Waals surface area contributed by atoms with E-state index in [0.717, 1.165) is 15.6 Å². The lowest BCUT2D eigenvalue weighted by Gasteiger charge is -2.14. The summed E-state index contributed by atoms with van der Waals surface area (Å²) in [7, 11) is 1.54. The zero-order valence-corrected chi connectivity index (χ0v) is 19.8. The molecule has 0 spiro atoms. The van der Waals surface area contributed by atoms with E-state index in [0.29, 0.717) is 34.4 Å². The van der Waals surface area contributed by atoms with Crippen LogP contribution in [0.3, 0.4) is 0 Å². The maximum Gasteiger partial charge on any atom is 0.266 e. The van der Waals surface area contributed by atoms with E-state index in [1.807, 2.05) is 43.3 Å². The van der Waals surface area contributed by atoms with Crippen LogP contribution in [0.25, 0.3) is 6.08 Å². The molecule has 3 aromatic carbocycles. The van der Waals surface area contributed by atoms with Crippen LogP contribution in [0.2, 0.25) is 5.02 Å². The average molecular weight is 512 g/mol. The van der Waals surface area contributed by atoms with Gasteiger partial charge in [0.1, 0.15) is 18.2 Å². The first-order chi connectivity index (χ1) is 15.4. The molecular formula is C25H20BrClN2O3. The van der Waals surface area contributed by atoms with Crippen LogP contribution < -0.4 is 14.8 Å². The molecule has 0 bridgehead atoms. The Balaban J connectivity index is 1.90. The Bertz CT molecular complexity index is 1180. The predicted molar refractivity (Wildman–Crippen MR) is 130 cm³/mol. The number of halogens is 2. The Hall–Kier alpha value is -3.27. The van der Waals surface area contributed by atoms with E-state index in [4.69, 9.17) is 21.1 Å². The molecular weight excluding hydrogens is 492 g/mol. The smallest absolute Gasteiger partial charge is 0.266 e. The van der Waals surface area contributed by atoms with Crippen molar-refractivity contribution >= 4 is 45.2 Å². The minimum atomic E-state index is -0.564. The number of carbonyl (C=O) groups is 1. The first-order valence-electron chi connectivity index (χ1n) is 9.65. The van der Waals surface area contributed by atoms with Crippen molar-refractivity contribution < 1.29 is 14.3 Å². The van der Waals surface area contributed by atoms with Gasteiger partial charge >= 0.3 is 0 Å². The summed E-state index contributed by atoms with van der Waals surface area (Å²) < 4.78 is 12.4. The van der Waals surface area contributed by atoms with E-state index in [2.05, 4.69) is 21.2 Å². The SMILES string of the molecule is COc1cccc(/C=C(\C#N)C(=O)Nc2c(C)cccc2Cl)c1OCc1ccc(Br)cc1. The number of hydrogen-bond donors (Lipinski definition) is 1. The molecule has 162 valence electrons. The van der Waals surface area contributed by atoms with Gasteiger partial charge in [-0.15, -0.1) is 0 Å². The van der Waals surface area contributed by atoms with Crippen molar-refractivity contribution in [1.82, 2.24) is 0 Å². The molecule has 0 heterocycles. The van der Waals surface area contributed by atoms with Gasteiger partial charge in [-0.2, -0.15) is 5.26 Å². The minimum Gasteiger partial charge on any atom is -0.493 e. The lowest BCUT2D eigenvalue weighted by Crippen LogP contribution is -2.14. The first kappa shape index (κ1) is 23.4. The molecule has 0 aliphatic heterocycles. The highest BCUT2D eigenvalue weighted by molar-refractivity contribution is 9.10. The Morgan fingerprint density at radius 3 is 2.53 bits per heavy atom. The largest absolute Gasteiger partial charge is 0.493 e. The van der Waals surface area contributed by atoms with Crippen LogP contribution >= 0.6 is 27.5 Å². The van der Waals surface area contributed by atoms with Crippen molar-refractivity contribution in [2.45, 2.75) is 13.5 Å². The Kier molecular flexibility index (Phi) is 7.93. The second kappa shape index (κ2) is 10.9. The summed E-state index contributed by atoms with van der Waals surface area (Å²) in [4.78, 5) is 12.8. The molecule has 5 nitrogen and oxygen atoms in total. The van der Waals surface area contributed by atoms with Gasteiger partial charge in [0.25, 0.3) is 5.91 Å². The molecule has 0 saturated carbocycles. The maximum atomic E-state index is 12.8. The Morgan fingerprint density at radius 2 is 1.88 bits per heavy atom. The standard InChI is InChI=1S/C25H20BrClN2O3/c1-16-5-3-7-21(27)23(16)29-25(30)19(14-28)13-18-6-4-8-22(31-2)24(18)32-15-17-9-11-20(26)12-10-17/h3-13H,15H2,1-2H3,(H,29,30)/b19-13+. The lowest BCUT2D eigenvalue weighted by molar-refractivity contribution is -0.112. The number of nitriles is 1. The number of carbonyl (C=O) groups excluding carboxylic acids is 1. The second-order valence-corrected chi connectivity index (χ2v) is 8.17. The number of para-hydroxylation sites is 2. The third-order valence-electron chi connectivity index (χ3n) is 4.65. The second-order valence-electron chi connectivity index (χ2n) is 6.85. The van der Waals surface area contributed by atoms with Crippen LogP contribution in [0.5, 0.6) is 11.5 Å². The quantitative estimate of drug-likeness (QED) is 0.289. The van der Waals surface area contributed by atoms with Gasteiger partial charge in [0, 0.05) is 10.0 Å². The molecule has 0 aromatic heterocycles. The highest BCUT2D eigenvalue weighted by Gasteiger charge is 2.16. The number of benzene rings is 3. The summed E-state index contributed by atoms with van der Waals surface area (Å²) in [6.07, 6.45) is 1.47. The van der Waals surface area contributed by atoms with Crippen molar-refractivity contribution in [3.05, 3.63) is 92.4 Å². The van der Waals surface area contributed by atoms with Crippen LogP contribution in [0.15, 0.2) is 70.7 Å². The molecule has 1 amide bonds. The highest BCUT2D eigenvalue weighted by Crippen LogP contribution is 2.34. The number of hydrogen-bond acceptors (Lipinski definition) is 4. The number of anilines is 1. The zero-order valence-electron chi connectivity index (χ0n) is 17.5. The summed E-state index contributed by atoms with van der Waals surface area (Å²) in [5.74, 6) is 0.369. The Labute approximate surface area is 200 Å². The molecule has 7 heteroatoms. The van der Waals surface area contributed by atoms with Gasteiger partial charge in [-0.05, 0) is 48.4 Å².